The molecule has 0 radical (unpaired) electrons. The van der Waals surface area contributed by atoms with E-state index in [2.05, 4.69) is 40.0 Å². The van der Waals surface area contributed by atoms with Crippen molar-refractivity contribution in [1.82, 2.24) is 25.0 Å². The number of amides is 3. The fourth-order valence-corrected chi connectivity index (χ4v) is 9.22. The van der Waals surface area contributed by atoms with Gasteiger partial charge in [-0.05, 0) is 75.3 Å². The second-order valence-corrected chi connectivity index (χ2v) is 14.7. The molecular formula is C37H45N7O7S. The number of piperidine rings is 1. The zero-order valence-corrected chi connectivity index (χ0v) is 31.0. The van der Waals surface area contributed by atoms with Crippen LogP contribution in [-0.4, -0.2) is 112 Å². The lowest BCUT2D eigenvalue weighted by molar-refractivity contribution is -0.121. The molecule has 14 nitrogen and oxygen atoms in total. The average molecular weight is 732 g/mol. The third kappa shape index (κ3) is 6.29. The highest BCUT2D eigenvalue weighted by atomic mass is 32.2. The summed E-state index contributed by atoms with van der Waals surface area (Å²) in [6.07, 6.45) is 3.60. The number of nitrogens with zero attached hydrogens (tertiary/aromatic N) is 6. The first-order chi connectivity index (χ1) is 25.1. The van der Waals surface area contributed by atoms with Crippen molar-refractivity contribution in [2.24, 2.45) is 0 Å². The molecule has 276 valence electrons. The van der Waals surface area contributed by atoms with Crippen LogP contribution in [0.5, 0.6) is 17.4 Å². The number of nitrogens with one attached hydrogen (secondary N) is 1. The van der Waals surface area contributed by atoms with Gasteiger partial charge < -0.3 is 29.3 Å². The molecule has 1 unspecified atom stereocenters. The van der Waals surface area contributed by atoms with Gasteiger partial charge >= 0.3 is 6.03 Å². The number of carbonyl (C=O) groups excluding carboxylic acids is 2. The molecule has 6 rings (SSSR count). The van der Waals surface area contributed by atoms with Crippen LogP contribution in [0.3, 0.4) is 0 Å². The van der Waals surface area contributed by atoms with Crippen molar-refractivity contribution in [1.29, 1.82) is 5.26 Å². The Kier molecular flexibility index (Phi) is 10.6. The number of pyridine rings is 1. The Morgan fingerprint density at radius 3 is 2.40 bits per heavy atom. The monoisotopic (exact) mass is 731 g/mol. The van der Waals surface area contributed by atoms with Crippen molar-refractivity contribution in [3.05, 3.63) is 71.4 Å². The Bertz CT molecular complexity index is 1970. The van der Waals surface area contributed by atoms with Gasteiger partial charge in [0.05, 0.1) is 43.7 Å². The van der Waals surface area contributed by atoms with Crippen molar-refractivity contribution in [2.75, 3.05) is 64.4 Å². The summed E-state index contributed by atoms with van der Waals surface area (Å²) in [5, 5.41) is 12.9. The van der Waals surface area contributed by atoms with Gasteiger partial charge in [-0.1, -0.05) is 13.8 Å². The van der Waals surface area contributed by atoms with Gasteiger partial charge in [-0.25, -0.2) is 18.2 Å². The van der Waals surface area contributed by atoms with E-state index in [0.29, 0.717) is 29.2 Å². The molecule has 52 heavy (non-hydrogen) atoms. The van der Waals surface area contributed by atoms with E-state index < -0.39 is 27.5 Å². The molecule has 3 aliphatic heterocycles. The minimum atomic E-state index is -4.69. The molecule has 0 bridgehead atoms. The minimum absolute atomic E-state index is 0.0331. The molecule has 2 fully saturated rings. The van der Waals surface area contributed by atoms with Crippen molar-refractivity contribution in [2.45, 2.75) is 56.1 Å². The first-order valence-corrected chi connectivity index (χ1v) is 19.0. The predicted molar refractivity (Wildman–Crippen MR) is 193 cm³/mol. The molecule has 0 aliphatic carbocycles. The Balaban J connectivity index is 1.39. The maximum atomic E-state index is 15.2. The van der Waals surface area contributed by atoms with Crippen molar-refractivity contribution in [3.63, 3.8) is 0 Å². The van der Waals surface area contributed by atoms with E-state index in [1.165, 1.54) is 56.8 Å². The van der Waals surface area contributed by atoms with E-state index in [1.54, 1.807) is 24.0 Å². The molecule has 2 aromatic carbocycles. The number of methoxy groups -OCH3 is 2. The summed E-state index contributed by atoms with van der Waals surface area (Å²) >= 11 is 0. The number of ether oxygens (including phenoxy) is 3. The summed E-state index contributed by atoms with van der Waals surface area (Å²) in [5.74, 6) is -0.658. The van der Waals surface area contributed by atoms with E-state index >= 15 is 4.79 Å². The van der Waals surface area contributed by atoms with Gasteiger partial charge in [-0.2, -0.15) is 9.57 Å². The normalized spacial score (nSPS) is 19.6. The summed E-state index contributed by atoms with van der Waals surface area (Å²) in [5.41, 5.74) is -1.80. The van der Waals surface area contributed by atoms with Crippen molar-refractivity contribution >= 4 is 27.6 Å². The first kappa shape index (κ1) is 36.9. The van der Waals surface area contributed by atoms with E-state index in [9.17, 15) is 18.5 Å². The summed E-state index contributed by atoms with van der Waals surface area (Å²) in [4.78, 5) is 40.1. The molecule has 1 aromatic heterocycles. The third-order valence-electron chi connectivity index (χ3n) is 10.4. The Morgan fingerprint density at radius 2 is 1.77 bits per heavy atom. The number of sulfonamides is 1. The number of benzene rings is 2. The standard InChI is InChI=1S/C37H45N7O7S/c1-6-41(7-2)26-15-18-42(19-16-26)27-23-43(24-27)36(46)40-37(29-10-9-17-39-34(29)51-8-3)30-20-25(22-38)11-13-31(30)44(35(37)45)52(47,48)33-14-12-28(49-4)21-32(33)50-5/h9-14,17,20-21,26-27H,6-8,15-16,18-19,23-24H2,1-5H3,(H,40,46). The molecule has 1 atom stereocenters. The lowest BCUT2D eigenvalue weighted by Crippen LogP contribution is -2.67. The van der Waals surface area contributed by atoms with Crippen LogP contribution in [0.1, 0.15) is 50.3 Å². The number of carbonyl (C=O) groups is 2. The van der Waals surface area contributed by atoms with Crippen LogP contribution in [0.4, 0.5) is 10.5 Å². The molecule has 4 heterocycles. The Hall–Kier alpha value is -4.91. The molecule has 15 heteroatoms. The van der Waals surface area contributed by atoms with E-state index in [0.717, 1.165) is 39.0 Å². The summed E-state index contributed by atoms with van der Waals surface area (Å²) in [6.45, 7) is 11.1. The highest BCUT2D eigenvalue weighted by Gasteiger charge is 2.59. The van der Waals surface area contributed by atoms with Crippen molar-refractivity contribution in [3.8, 4) is 23.4 Å². The SMILES string of the molecule is CCOc1ncccc1C1(NC(=O)N2CC(N3CCC(N(CC)CC)CC3)C2)C(=O)N(S(=O)(=O)c2ccc(OC)cc2OC)c2ccc(C#N)cc21. The van der Waals surface area contributed by atoms with Gasteiger partial charge in [0.15, 0.2) is 5.54 Å². The number of aromatic nitrogens is 1. The van der Waals surface area contributed by atoms with Crippen LogP contribution in [0.2, 0.25) is 0 Å². The molecule has 1 N–H and O–H groups in total. The zero-order valence-electron chi connectivity index (χ0n) is 30.2. The van der Waals surface area contributed by atoms with Crippen molar-refractivity contribution < 1.29 is 32.2 Å². The smallest absolute Gasteiger partial charge is 0.318 e. The van der Waals surface area contributed by atoms with Gasteiger partial charge in [0.25, 0.3) is 15.9 Å². The number of likely N-dealkylation sites (tertiary alicyclic amines) is 2. The van der Waals surface area contributed by atoms with Crippen LogP contribution >= 0.6 is 0 Å². The predicted octanol–water partition coefficient (Wildman–Crippen LogP) is 3.55. The van der Waals surface area contributed by atoms with Gasteiger partial charge in [-0.3, -0.25) is 9.69 Å². The molecule has 3 aromatic rings. The van der Waals surface area contributed by atoms with Crippen LogP contribution in [-0.2, 0) is 20.4 Å². The summed E-state index contributed by atoms with van der Waals surface area (Å²) in [6, 6.07) is 13.8. The average Bonchev–Trinajstić information content (AvgIpc) is 3.39. The van der Waals surface area contributed by atoms with Crippen LogP contribution in [0.25, 0.3) is 0 Å². The number of anilines is 1. The second-order valence-electron chi connectivity index (χ2n) is 13.0. The van der Waals surface area contributed by atoms with Gasteiger partial charge in [0.2, 0.25) is 5.88 Å². The lowest BCUT2D eigenvalue weighted by Gasteiger charge is -2.49. The van der Waals surface area contributed by atoms with Crippen LogP contribution < -0.4 is 23.8 Å². The summed E-state index contributed by atoms with van der Waals surface area (Å²) < 4.78 is 46.5. The molecule has 3 aliphatic rings. The molecular weight excluding hydrogens is 687 g/mol. The molecule has 0 saturated carbocycles. The Labute approximate surface area is 304 Å². The fourth-order valence-electron chi connectivity index (χ4n) is 7.61. The zero-order chi connectivity index (χ0) is 37.2. The molecule has 0 spiro atoms. The van der Waals surface area contributed by atoms with Crippen LogP contribution in [0.15, 0.2) is 59.6 Å². The van der Waals surface area contributed by atoms with E-state index in [1.807, 2.05) is 0 Å². The highest BCUT2D eigenvalue weighted by Crippen LogP contribution is 2.50. The Morgan fingerprint density at radius 1 is 1.04 bits per heavy atom. The largest absolute Gasteiger partial charge is 0.497 e. The van der Waals surface area contributed by atoms with Crippen LogP contribution in [0, 0.1) is 11.3 Å². The minimum Gasteiger partial charge on any atom is -0.497 e. The number of nitriles is 1. The van der Waals surface area contributed by atoms with Gasteiger partial charge in [-0.15, -0.1) is 0 Å². The maximum Gasteiger partial charge on any atom is 0.318 e. The molecule has 3 amide bonds. The quantitative estimate of drug-likeness (QED) is 0.291. The number of rotatable bonds is 12. The van der Waals surface area contributed by atoms with Gasteiger partial charge in [0.1, 0.15) is 16.4 Å². The number of fused-ring (bicyclic) bond motifs is 1. The number of hydrogen-bond acceptors (Lipinski definition) is 11. The lowest BCUT2D eigenvalue weighted by atomic mass is 9.83. The van der Waals surface area contributed by atoms with E-state index in [-0.39, 0.29) is 51.6 Å². The number of hydrogen-bond donors (Lipinski definition) is 1. The fraction of sp³-hybridized carbons (Fsp3) is 0.459. The topological polar surface area (TPSA) is 158 Å². The molecule has 2 saturated heterocycles. The maximum absolute atomic E-state index is 15.2. The second kappa shape index (κ2) is 15.0. The van der Waals surface area contributed by atoms with E-state index in [4.69, 9.17) is 14.2 Å². The van der Waals surface area contributed by atoms with Gasteiger partial charge in [0, 0.05) is 56.1 Å². The third-order valence-corrected chi connectivity index (χ3v) is 12.1. The highest BCUT2D eigenvalue weighted by molar-refractivity contribution is 7.93. The number of urea groups is 1. The summed E-state index contributed by atoms with van der Waals surface area (Å²) in [7, 11) is -1.94. The first-order valence-electron chi connectivity index (χ1n) is 17.6.